The normalized spacial score (nSPS) is 17.8. The van der Waals surface area contributed by atoms with Crippen molar-refractivity contribution in [3.8, 4) is 0 Å². The summed E-state index contributed by atoms with van der Waals surface area (Å²) in [6, 6.07) is 8.95. The van der Waals surface area contributed by atoms with Crippen molar-refractivity contribution in [2.75, 3.05) is 6.54 Å². The molecule has 6 nitrogen and oxygen atoms in total. The van der Waals surface area contributed by atoms with E-state index < -0.39 is 29.8 Å². The fourth-order valence-electron chi connectivity index (χ4n) is 3.29. The van der Waals surface area contributed by atoms with Crippen molar-refractivity contribution in [1.82, 2.24) is 10.2 Å². The largest absolute Gasteiger partial charge is 0.458 e. The first kappa shape index (κ1) is 18.6. The lowest BCUT2D eigenvalue weighted by Gasteiger charge is -2.25. The van der Waals surface area contributed by atoms with Crippen molar-refractivity contribution in [3.63, 3.8) is 0 Å². The fraction of sp³-hybridized carbons (Fsp3) is 0.158. The zero-order valence-electron chi connectivity index (χ0n) is 14.3. The van der Waals surface area contributed by atoms with Crippen LogP contribution in [0.15, 0.2) is 46.9 Å². The first-order valence-corrected chi connectivity index (χ1v) is 9.09. The highest BCUT2D eigenvalue weighted by molar-refractivity contribution is 6.31. The summed E-state index contributed by atoms with van der Waals surface area (Å²) >= 11 is 12.0. The lowest BCUT2D eigenvalue weighted by Crippen LogP contribution is -2.39. The molecule has 2 heterocycles. The quantitative estimate of drug-likeness (QED) is 0.670. The number of fused-ring (bicyclic) bond motifs is 1. The summed E-state index contributed by atoms with van der Waals surface area (Å²) in [4.78, 5) is 25.5. The third kappa shape index (κ3) is 3.27. The Labute approximate surface area is 169 Å². The molecule has 2 atom stereocenters. The van der Waals surface area contributed by atoms with E-state index in [1.165, 1.54) is 23.1 Å². The Morgan fingerprint density at radius 2 is 2.04 bits per heavy atom. The van der Waals surface area contributed by atoms with E-state index in [2.05, 4.69) is 5.32 Å². The molecule has 0 saturated carbocycles. The first-order valence-electron chi connectivity index (χ1n) is 8.34. The molecule has 9 heteroatoms. The Morgan fingerprint density at radius 1 is 1.25 bits per heavy atom. The van der Waals surface area contributed by atoms with Gasteiger partial charge < -0.3 is 20.4 Å². The van der Waals surface area contributed by atoms with Crippen LogP contribution in [0.1, 0.15) is 17.4 Å². The number of hydrogen-bond donors (Lipinski definition) is 2. The zero-order valence-corrected chi connectivity index (χ0v) is 15.8. The lowest BCUT2D eigenvalue weighted by atomic mass is 10.0. The maximum atomic E-state index is 13.7. The number of hydrogen-bond acceptors (Lipinski definition) is 3. The standard InChI is InChI=1S/C19H14Cl2FN3O3/c20-11-2-4-15-10(5-11)7-16(28-15)17(9-1-3-13(22)12(21)6-9)25-8-14(18(23)26)24-19(25)27/h1-7,14,17H,8H2,(H2,23,26)(H,24,27)/t14?,17-/m0/s1. The molecule has 1 fully saturated rings. The maximum absolute atomic E-state index is 13.7. The summed E-state index contributed by atoms with van der Waals surface area (Å²) in [5, 5.41) is 3.72. The molecule has 4 rings (SSSR count). The molecular weight excluding hydrogens is 408 g/mol. The monoisotopic (exact) mass is 421 g/mol. The van der Waals surface area contributed by atoms with Gasteiger partial charge in [0.15, 0.2) is 0 Å². The van der Waals surface area contributed by atoms with Gasteiger partial charge in [0.25, 0.3) is 0 Å². The van der Waals surface area contributed by atoms with Gasteiger partial charge in [-0.2, -0.15) is 0 Å². The summed E-state index contributed by atoms with van der Waals surface area (Å²) in [7, 11) is 0. The number of nitrogens with two attached hydrogens (primary N) is 1. The van der Waals surface area contributed by atoms with Crippen molar-refractivity contribution >= 4 is 46.1 Å². The van der Waals surface area contributed by atoms with Gasteiger partial charge in [0.1, 0.15) is 29.2 Å². The van der Waals surface area contributed by atoms with Gasteiger partial charge in [-0.15, -0.1) is 0 Å². The summed E-state index contributed by atoms with van der Waals surface area (Å²) in [5.74, 6) is -0.815. The van der Waals surface area contributed by atoms with E-state index in [1.807, 2.05) is 0 Å². The minimum Gasteiger partial charge on any atom is -0.458 e. The molecule has 1 saturated heterocycles. The molecule has 0 aliphatic carbocycles. The van der Waals surface area contributed by atoms with E-state index in [1.54, 1.807) is 24.3 Å². The minimum atomic E-state index is -0.843. The van der Waals surface area contributed by atoms with Crippen LogP contribution in [-0.4, -0.2) is 29.4 Å². The SMILES string of the molecule is NC(=O)C1CN([C@@H](c2ccc(F)c(Cl)c2)c2cc3cc(Cl)ccc3o2)C(=O)N1. The van der Waals surface area contributed by atoms with Crippen molar-refractivity contribution in [2.45, 2.75) is 12.1 Å². The summed E-state index contributed by atoms with van der Waals surface area (Å²) in [6.45, 7) is 0.0334. The van der Waals surface area contributed by atoms with Gasteiger partial charge in [0, 0.05) is 10.4 Å². The van der Waals surface area contributed by atoms with Crippen molar-refractivity contribution in [3.05, 3.63) is 69.7 Å². The van der Waals surface area contributed by atoms with E-state index in [9.17, 15) is 14.0 Å². The van der Waals surface area contributed by atoms with Gasteiger partial charge >= 0.3 is 6.03 Å². The van der Waals surface area contributed by atoms with Gasteiger partial charge in [-0.3, -0.25) is 4.79 Å². The Balaban J connectivity index is 1.84. The zero-order chi connectivity index (χ0) is 20.0. The van der Waals surface area contributed by atoms with Crippen LogP contribution in [-0.2, 0) is 4.79 Å². The molecule has 3 amide bonds. The minimum absolute atomic E-state index is 0.0334. The van der Waals surface area contributed by atoms with Crippen LogP contribution >= 0.6 is 23.2 Å². The highest BCUT2D eigenvalue weighted by atomic mass is 35.5. The number of carbonyl (C=O) groups excluding carboxylic acids is 2. The van der Waals surface area contributed by atoms with Gasteiger partial charge in [-0.05, 0) is 42.0 Å². The Hall–Kier alpha value is -2.77. The molecule has 0 radical (unpaired) electrons. The maximum Gasteiger partial charge on any atom is 0.319 e. The topological polar surface area (TPSA) is 88.6 Å². The second kappa shape index (κ2) is 7.00. The lowest BCUT2D eigenvalue weighted by molar-refractivity contribution is -0.119. The van der Waals surface area contributed by atoms with Crippen LogP contribution in [0.5, 0.6) is 0 Å². The number of nitrogens with zero attached hydrogens (tertiary/aromatic N) is 1. The molecule has 1 aromatic heterocycles. The predicted octanol–water partition coefficient (Wildman–Crippen LogP) is 3.85. The third-order valence-electron chi connectivity index (χ3n) is 4.62. The number of urea groups is 1. The molecule has 28 heavy (non-hydrogen) atoms. The number of amides is 3. The van der Waals surface area contributed by atoms with Crippen LogP contribution < -0.4 is 11.1 Å². The van der Waals surface area contributed by atoms with E-state index in [0.29, 0.717) is 21.9 Å². The van der Waals surface area contributed by atoms with Gasteiger partial charge in [0.2, 0.25) is 5.91 Å². The Bertz CT molecular complexity index is 1100. The molecule has 1 aliphatic heterocycles. The van der Waals surface area contributed by atoms with Crippen molar-refractivity contribution in [2.24, 2.45) is 5.73 Å². The smallest absolute Gasteiger partial charge is 0.319 e. The average molecular weight is 422 g/mol. The fourth-order valence-corrected chi connectivity index (χ4v) is 3.66. The van der Waals surface area contributed by atoms with Gasteiger partial charge in [-0.1, -0.05) is 29.3 Å². The molecule has 1 unspecified atom stereocenters. The number of halogens is 3. The van der Waals surface area contributed by atoms with E-state index in [-0.39, 0.29) is 11.6 Å². The molecule has 1 aliphatic rings. The van der Waals surface area contributed by atoms with E-state index in [4.69, 9.17) is 33.4 Å². The van der Waals surface area contributed by atoms with Crippen LogP contribution in [0.4, 0.5) is 9.18 Å². The first-order chi connectivity index (χ1) is 13.3. The van der Waals surface area contributed by atoms with Crippen LogP contribution in [0, 0.1) is 5.82 Å². The number of carbonyl (C=O) groups is 2. The summed E-state index contributed by atoms with van der Waals surface area (Å²) in [6.07, 6.45) is 0. The number of benzene rings is 2. The van der Waals surface area contributed by atoms with Gasteiger partial charge in [-0.25, -0.2) is 9.18 Å². The second-order valence-corrected chi connectivity index (χ2v) is 7.31. The third-order valence-corrected chi connectivity index (χ3v) is 5.14. The van der Waals surface area contributed by atoms with Crippen molar-refractivity contribution in [1.29, 1.82) is 0 Å². The van der Waals surface area contributed by atoms with Gasteiger partial charge in [0.05, 0.1) is 11.6 Å². The predicted molar refractivity (Wildman–Crippen MR) is 103 cm³/mol. The van der Waals surface area contributed by atoms with Crippen molar-refractivity contribution < 1.29 is 18.4 Å². The number of furan rings is 1. The molecule has 0 spiro atoms. The van der Waals surface area contributed by atoms with E-state index in [0.717, 1.165) is 5.39 Å². The van der Waals surface area contributed by atoms with E-state index >= 15 is 0 Å². The number of nitrogens with one attached hydrogen (secondary N) is 1. The number of rotatable bonds is 4. The molecular formula is C19H14Cl2FN3O3. The Morgan fingerprint density at radius 3 is 2.71 bits per heavy atom. The molecule has 3 aromatic rings. The Kier molecular flexibility index (Phi) is 4.64. The van der Waals surface area contributed by atoms with Crippen LogP contribution in [0.25, 0.3) is 11.0 Å². The molecule has 2 aromatic carbocycles. The van der Waals surface area contributed by atoms with Crippen LogP contribution in [0.3, 0.4) is 0 Å². The number of primary amides is 1. The summed E-state index contributed by atoms with van der Waals surface area (Å²) in [5.41, 5.74) is 6.43. The summed E-state index contributed by atoms with van der Waals surface area (Å²) < 4.78 is 19.6. The highest BCUT2D eigenvalue weighted by Gasteiger charge is 2.39. The molecule has 3 N–H and O–H groups in total. The molecule has 144 valence electrons. The highest BCUT2D eigenvalue weighted by Crippen LogP contribution is 2.36. The average Bonchev–Trinajstić information content (AvgIpc) is 3.22. The second-order valence-electron chi connectivity index (χ2n) is 6.46. The van der Waals surface area contributed by atoms with Crippen LogP contribution in [0.2, 0.25) is 10.0 Å². The molecule has 0 bridgehead atoms.